The van der Waals surface area contributed by atoms with Crippen molar-refractivity contribution in [3.63, 3.8) is 0 Å². The highest BCUT2D eigenvalue weighted by molar-refractivity contribution is 7.09. The summed E-state index contributed by atoms with van der Waals surface area (Å²) in [7, 11) is 0. The molecule has 1 aliphatic carbocycles. The molecule has 2 unspecified atom stereocenters. The van der Waals surface area contributed by atoms with Gasteiger partial charge in [-0.25, -0.2) is 4.98 Å². The van der Waals surface area contributed by atoms with Crippen molar-refractivity contribution in [2.75, 3.05) is 11.9 Å². The van der Waals surface area contributed by atoms with Crippen LogP contribution in [0.15, 0.2) is 0 Å². The highest BCUT2D eigenvalue weighted by atomic mass is 32.1. The van der Waals surface area contributed by atoms with Crippen LogP contribution in [0.2, 0.25) is 0 Å². The predicted octanol–water partition coefficient (Wildman–Crippen LogP) is 2.73. The Kier molecular flexibility index (Phi) is 2.72. The third-order valence-electron chi connectivity index (χ3n) is 2.54. The van der Waals surface area contributed by atoms with Crippen molar-refractivity contribution < 1.29 is 0 Å². The number of nitrogens with zero attached hydrogens (tertiary/aromatic N) is 2. The number of nitrogens with one attached hydrogen (secondary N) is 1. The van der Waals surface area contributed by atoms with E-state index in [1.54, 1.807) is 0 Å². The van der Waals surface area contributed by atoms with Crippen LogP contribution in [0.3, 0.4) is 0 Å². The van der Waals surface area contributed by atoms with E-state index in [1.807, 2.05) is 0 Å². The quantitative estimate of drug-likeness (QED) is 0.832. The van der Waals surface area contributed by atoms with Crippen LogP contribution in [0, 0.1) is 11.8 Å². The van der Waals surface area contributed by atoms with Crippen LogP contribution in [0.4, 0.5) is 5.13 Å². The molecule has 0 radical (unpaired) electrons. The van der Waals surface area contributed by atoms with Gasteiger partial charge in [-0.1, -0.05) is 20.8 Å². The number of anilines is 1. The summed E-state index contributed by atoms with van der Waals surface area (Å²) in [6.45, 7) is 7.62. The molecule has 0 spiro atoms. The molecule has 0 aromatic carbocycles. The van der Waals surface area contributed by atoms with Gasteiger partial charge in [-0.05, 0) is 18.3 Å². The van der Waals surface area contributed by atoms with Crippen LogP contribution >= 0.6 is 11.5 Å². The normalized spacial score (nSPS) is 25.4. The Bertz CT molecular complexity index is 308. The summed E-state index contributed by atoms with van der Waals surface area (Å²) >= 11 is 1.49. The first-order chi connectivity index (χ1) is 6.66. The molecule has 14 heavy (non-hydrogen) atoms. The summed E-state index contributed by atoms with van der Waals surface area (Å²) in [5, 5.41) is 4.29. The lowest BCUT2D eigenvalue weighted by Gasteiger charge is -2.03. The van der Waals surface area contributed by atoms with Crippen molar-refractivity contribution >= 4 is 16.7 Å². The molecule has 1 aromatic rings. The minimum absolute atomic E-state index is 0.640. The maximum absolute atomic E-state index is 4.49. The van der Waals surface area contributed by atoms with Gasteiger partial charge in [0.05, 0.1) is 0 Å². The number of hydrogen-bond acceptors (Lipinski definition) is 4. The first-order valence-corrected chi connectivity index (χ1v) is 6.01. The summed E-state index contributed by atoms with van der Waals surface area (Å²) in [4.78, 5) is 4.49. The molecule has 1 aliphatic rings. The molecule has 1 aromatic heterocycles. The predicted molar refractivity (Wildman–Crippen MR) is 59.8 cm³/mol. The summed E-state index contributed by atoms with van der Waals surface area (Å²) in [5.41, 5.74) is 0. The van der Waals surface area contributed by atoms with Crippen molar-refractivity contribution in [1.82, 2.24) is 9.36 Å². The molecule has 0 amide bonds. The SMILES string of the molecule is CC(C)CNc1nc(C2CC2C)ns1. The Balaban J connectivity index is 1.90. The highest BCUT2D eigenvalue weighted by Gasteiger charge is 2.37. The molecule has 3 nitrogen and oxygen atoms in total. The third-order valence-corrected chi connectivity index (χ3v) is 3.23. The summed E-state index contributed by atoms with van der Waals surface area (Å²) in [6, 6.07) is 0. The fourth-order valence-electron chi connectivity index (χ4n) is 1.43. The highest BCUT2D eigenvalue weighted by Crippen LogP contribution is 2.46. The van der Waals surface area contributed by atoms with Gasteiger partial charge in [-0.3, -0.25) is 0 Å². The van der Waals surface area contributed by atoms with Gasteiger partial charge in [0.15, 0.2) is 0 Å². The van der Waals surface area contributed by atoms with E-state index in [1.165, 1.54) is 18.0 Å². The van der Waals surface area contributed by atoms with Crippen molar-refractivity contribution in [2.24, 2.45) is 11.8 Å². The molecule has 78 valence electrons. The number of hydrogen-bond donors (Lipinski definition) is 1. The molecule has 2 atom stereocenters. The monoisotopic (exact) mass is 211 g/mol. The first kappa shape index (κ1) is 9.90. The van der Waals surface area contributed by atoms with Gasteiger partial charge in [0.2, 0.25) is 5.13 Å². The Morgan fingerprint density at radius 2 is 2.29 bits per heavy atom. The third kappa shape index (κ3) is 2.23. The topological polar surface area (TPSA) is 37.8 Å². The summed E-state index contributed by atoms with van der Waals surface area (Å²) in [6.07, 6.45) is 1.26. The second kappa shape index (κ2) is 3.85. The molecule has 1 fully saturated rings. The van der Waals surface area contributed by atoms with Gasteiger partial charge in [0, 0.05) is 24.0 Å². The fraction of sp³-hybridized carbons (Fsp3) is 0.800. The average Bonchev–Trinajstić information content (AvgIpc) is 2.68. The molecule has 0 bridgehead atoms. The molecule has 4 heteroatoms. The first-order valence-electron chi connectivity index (χ1n) is 5.24. The van der Waals surface area contributed by atoms with E-state index < -0.39 is 0 Å². The van der Waals surface area contributed by atoms with Crippen LogP contribution in [-0.4, -0.2) is 15.9 Å². The molecule has 0 saturated heterocycles. The zero-order valence-corrected chi connectivity index (χ0v) is 9.77. The smallest absolute Gasteiger partial charge is 0.202 e. The van der Waals surface area contributed by atoms with Crippen molar-refractivity contribution in [2.45, 2.75) is 33.1 Å². The molecule has 1 N–H and O–H groups in total. The Morgan fingerprint density at radius 3 is 2.86 bits per heavy atom. The minimum atomic E-state index is 0.640. The van der Waals surface area contributed by atoms with Gasteiger partial charge < -0.3 is 5.32 Å². The van der Waals surface area contributed by atoms with E-state index >= 15 is 0 Å². The second-order valence-electron chi connectivity index (χ2n) is 4.55. The lowest BCUT2D eigenvalue weighted by molar-refractivity contribution is 0.688. The van der Waals surface area contributed by atoms with Crippen LogP contribution in [0.25, 0.3) is 0 Å². The summed E-state index contributed by atoms with van der Waals surface area (Å²) < 4.78 is 4.37. The van der Waals surface area contributed by atoms with Crippen LogP contribution in [0.5, 0.6) is 0 Å². The molecule has 1 saturated carbocycles. The zero-order chi connectivity index (χ0) is 10.1. The van der Waals surface area contributed by atoms with Crippen LogP contribution in [-0.2, 0) is 0 Å². The number of rotatable bonds is 4. The maximum atomic E-state index is 4.49. The Labute approximate surface area is 89.1 Å². The molecular formula is C10H17N3S. The second-order valence-corrected chi connectivity index (χ2v) is 5.30. The largest absolute Gasteiger partial charge is 0.360 e. The fourth-order valence-corrected chi connectivity index (χ4v) is 2.07. The van der Waals surface area contributed by atoms with E-state index in [4.69, 9.17) is 0 Å². The van der Waals surface area contributed by atoms with Crippen molar-refractivity contribution in [1.29, 1.82) is 0 Å². The van der Waals surface area contributed by atoms with E-state index in [0.717, 1.165) is 23.4 Å². The summed E-state index contributed by atoms with van der Waals surface area (Å²) in [5.74, 6) is 3.14. The lowest BCUT2D eigenvalue weighted by Crippen LogP contribution is -2.07. The lowest BCUT2D eigenvalue weighted by atomic mass is 10.2. The molecular weight excluding hydrogens is 194 g/mol. The maximum Gasteiger partial charge on any atom is 0.202 e. The average molecular weight is 211 g/mol. The molecule has 2 rings (SSSR count). The van der Waals surface area contributed by atoms with Crippen molar-refractivity contribution in [3.8, 4) is 0 Å². The van der Waals surface area contributed by atoms with E-state index in [-0.39, 0.29) is 0 Å². The minimum Gasteiger partial charge on any atom is -0.360 e. The van der Waals surface area contributed by atoms with E-state index in [9.17, 15) is 0 Å². The number of aromatic nitrogens is 2. The van der Waals surface area contributed by atoms with Crippen LogP contribution < -0.4 is 5.32 Å². The van der Waals surface area contributed by atoms with Gasteiger partial charge in [-0.2, -0.15) is 4.37 Å². The van der Waals surface area contributed by atoms with Gasteiger partial charge in [0.1, 0.15) is 5.82 Å². The zero-order valence-electron chi connectivity index (χ0n) is 8.95. The van der Waals surface area contributed by atoms with Gasteiger partial charge >= 0.3 is 0 Å². The standard InChI is InChI=1S/C10H17N3S/c1-6(2)5-11-10-12-9(13-14-10)8-4-7(8)3/h6-8H,4-5H2,1-3H3,(H,11,12,13). The van der Waals surface area contributed by atoms with E-state index in [2.05, 4.69) is 35.4 Å². The Hall–Kier alpha value is -0.640. The van der Waals surface area contributed by atoms with Crippen LogP contribution in [0.1, 0.15) is 38.9 Å². The van der Waals surface area contributed by atoms with E-state index in [0.29, 0.717) is 11.8 Å². The van der Waals surface area contributed by atoms with Gasteiger partial charge in [0.25, 0.3) is 0 Å². The molecule has 1 heterocycles. The van der Waals surface area contributed by atoms with Crippen molar-refractivity contribution in [3.05, 3.63) is 5.82 Å². The van der Waals surface area contributed by atoms with Gasteiger partial charge in [-0.15, -0.1) is 0 Å². The Morgan fingerprint density at radius 1 is 1.57 bits per heavy atom. The molecule has 0 aliphatic heterocycles.